The molecule has 0 radical (unpaired) electrons. The van der Waals surface area contributed by atoms with Crippen molar-refractivity contribution in [3.63, 3.8) is 0 Å². The van der Waals surface area contributed by atoms with Gasteiger partial charge >= 0.3 is 0 Å². The summed E-state index contributed by atoms with van der Waals surface area (Å²) < 4.78 is 3.90. The third-order valence-electron chi connectivity index (χ3n) is 3.48. The maximum absolute atomic E-state index is 4.43. The van der Waals surface area contributed by atoms with Crippen LogP contribution >= 0.6 is 0 Å². The average molecular weight is 276 g/mol. The zero-order valence-electron chi connectivity index (χ0n) is 13.0. The number of hydrogen-bond donors (Lipinski definition) is 1. The third kappa shape index (κ3) is 3.25. The summed E-state index contributed by atoms with van der Waals surface area (Å²) in [5.41, 5.74) is 3.56. The second-order valence-electron chi connectivity index (χ2n) is 5.63. The van der Waals surface area contributed by atoms with Crippen LogP contribution in [0.4, 0.5) is 0 Å². The summed E-state index contributed by atoms with van der Waals surface area (Å²) in [6.07, 6.45) is 1.62. The van der Waals surface area contributed by atoms with Gasteiger partial charge in [0.05, 0.1) is 12.2 Å². The lowest BCUT2D eigenvalue weighted by molar-refractivity contribution is 0.457. The van der Waals surface area contributed by atoms with E-state index in [1.807, 2.05) is 23.3 Å². The molecule has 2 heterocycles. The number of nitrogens with zero attached hydrogens (tertiary/aromatic N) is 5. The van der Waals surface area contributed by atoms with Crippen molar-refractivity contribution in [2.45, 2.75) is 47.3 Å². The minimum Gasteiger partial charge on any atom is -0.306 e. The van der Waals surface area contributed by atoms with Crippen LogP contribution in [0.2, 0.25) is 0 Å². The molecule has 20 heavy (non-hydrogen) atoms. The molecule has 0 aromatic carbocycles. The summed E-state index contributed by atoms with van der Waals surface area (Å²) in [4.78, 5) is 4.32. The standard InChI is InChI=1S/C14H24N6/c1-10(2)8-20-14(16-9-17-20)7-15-6-13-11(3)18-19(5)12(13)4/h9-10,15H,6-8H2,1-5H3. The summed E-state index contributed by atoms with van der Waals surface area (Å²) >= 11 is 0. The number of aromatic nitrogens is 5. The Hall–Kier alpha value is -1.69. The highest BCUT2D eigenvalue weighted by molar-refractivity contribution is 5.23. The molecule has 0 atom stereocenters. The van der Waals surface area contributed by atoms with E-state index in [9.17, 15) is 0 Å². The van der Waals surface area contributed by atoms with Gasteiger partial charge in [0.15, 0.2) is 0 Å². The fourth-order valence-corrected chi connectivity index (χ4v) is 2.30. The molecule has 0 saturated heterocycles. The first-order valence-electron chi connectivity index (χ1n) is 7.05. The van der Waals surface area contributed by atoms with Crippen molar-refractivity contribution in [2.75, 3.05) is 0 Å². The lowest BCUT2D eigenvalue weighted by Crippen LogP contribution is -2.19. The lowest BCUT2D eigenvalue weighted by atomic mass is 10.2. The van der Waals surface area contributed by atoms with Gasteiger partial charge in [-0.2, -0.15) is 10.2 Å². The molecule has 0 fully saturated rings. The minimum atomic E-state index is 0.568. The molecular weight excluding hydrogens is 252 g/mol. The van der Waals surface area contributed by atoms with Crippen LogP contribution in [0.5, 0.6) is 0 Å². The first-order chi connectivity index (χ1) is 9.49. The number of hydrogen-bond acceptors (Lipinski definition) is 4. The fraction of sp³-hybridized carbons (Fsp3) is 0.643. The Morgan fingerprint density at radius 1 is 1.25 bits per heavy atom. The molecule has 2 aromatic heterocycles. The molecule has 0 aliphatic rings. The summed E-state index contributed by atoms with van der Waals surface area (Å²) in [6, 6.07) is 0. The SMILES string of the molecule is Cc1nn(C)c(C)c1CNCc1ncnn1CC(C)C. The quantitative estimate of drug-likeness (QED) is 0.870. The van der Waals surface area contributed by atoms with Gasteiger partial charge in [0.2, 0.25) is 0 Å². The van der Waals surface area contributed by atoms with E-state index in [0.717, 1.165) is 31.2 Å². The van der Waals surface area contributed by atoms with E-state index in [-0.39, 0.29) is 0 Å². The molecule has 110 valence electrons. The van der Waals surface area contributed by atoms with E-state index >= 15 is 0 Å². The van der Waals surface area contributed by atoms with Crippen LogP contribution in [0, 0.1) is 19.8 Å². The summed E-state index contributed by atoms with van der Waals surface area (Å²) in [5, 5.41) is 12.1. The molecule has 0 aliphatic heterocycles. The topological polar surface area (TPSA) is 60.6 Å². The maximum Gasteiger partial charge on any atom is 0.140 e. The molecule has 0 spiro atoms. The molecule has 6 heteroatoms. The van der Waals surface area contributed by atoms with Crippen LogP contribution in [0.1, 0.15) is 36.6 Å². The summed E-state index contributed by atoms with van der Waals surface area (Å²) in [5.74, 6) is 1.55. The molecule has 2 rings (SSSR count). The van der Waals surface area contributed by atoms with Crippen LogP contribution in [0.25, 0.3) is 0 Å². The highest BCUT2D eigenvalue weighted by Crippen LogP contribution is 2.11. The highest BCUT2D eigenvalue weighted by Gasteiger charge is 2.10. The van der Waals surface area contributed by atoms with Crippen LogP contribution in [0.3, 0.4) is 0 Å². The van der Waals surface area contributed by atoms with E-state index in [4.69, 9.17) is 0 Å². The monoisotopic (exact) mass is 276 g/mol. The van der Waals surface area contributed by atoms with Crippen LogP contribution < -0.4 is 5.32 Å². The zero-order valence-corrected chi connectivity index (χ0v) is 13.0. The Morgan fingerprint density at radius 2 is 2.00 bits per heavy atom. The second kappa shape index (κ2) is 6.17. The van der Waals surface area contributed by atoms with E-state index in [2.05, 4.69) is 41.3 Å². The van der Waals surface area contributed by atoms with E-state index < -0.39 is 0 Å². The number of rotatable bonds is 6. The van der Waals surface area contributed by atoms with Gasteiger partial charge < -0.3 is 5.32 Å². The molecule has 0 unspecified atom stereocenters. The Morgan fingerprint density at radius 3 is 2.60 bits per heavy atom. The molecule has 0 bridgehead atoms. The number of nitrogens with one attached hydrogen (secondary N) is 1. The van der Waals surface area contributed by atoms with E-state index in [1.54, 1.807) is 6.33 Å². The van der Waals surface area contributed by atoms with Crippen molar-refractivity contribution >= 4 is 0 Å². The maximum atomic E-state index is 4.43. The molecule has 0 amide bonds. The normalized spacial score (nSPS) is 11.5. The Kier molecular flexibility index (Phi) is 4.54. The zero-order chi connectivity index (χ0) is 14.7. The first-order valence-corrected chi connectivity index (χ1v) is 7.05. The van der Waals surface area contributed by atoms with E-state index in [0.29, 0.717) is 5.92 Å². The largest absolute Gasteiger partial charge is 0.306 e. The van der Waals surface area contributed by atoms with Crippen molar-refractivity contribution in [2.24, 2.45) is 13.0 Å². The molecule has 0 saturated carbocycles. The summed E-state index contributed by atoms with van der Waals surface area (Å²) in [6.45, 7) is 10.9. The molecule has 6 nitrogen and oxygen atoms in total. The van der Waals surface area contributed by atoms with Crippen LogP contribution in [0.15, 0.2) is 6.33 Å². The second-order valence-corrected chi connectivity index (χ2v) is 5.63. The average Bonchev–Trinajstić information content (AvgIpc) is 2.88. The Bertz CT molecular complexity index is 566. The third-order valence-corrected chi connectivity index (χ3v) is 3.48. The Labute approximate surface area is 120 Å². The summed E-state index contributed by atoms with van der Waals surface area (Å²) in [7, 11) is 1.98. The van der Waals surface area contributed by atoms with Gasteiger partial charge in [0.25, 0.3) is 0 Å². The van der Waals surface area contributed by atoms with Crippen molar-refractivity contribution in [1.82, 2.24) is 29.9 Å². The van der Waals surface area contributed by atoms with Gasteiger partial charge in [-0.3, -0.25) is 4.68 Å². The van der Waals surface area contributed by atoms with Gasteiger partial charge in [-0.25, -0.2) is 9.67 Å². The van der Waals surface area contributed by atoms with Gasteiger partial charge in [0, 0.05) is 31.4 Å². The fourth-order valence-electron chi connectivity index (χ4n) is 2.30. The minimum absolute atomic E-state index is 0.568. The van der Waals surface area contributed by atoms with Crippen LogP contribution in [-0.4, -0.2) is 24.5 Å². The smallest absolute Gasteiger partial charge is 0.140 e. The highest BCUT2D eigenvalue weighted by atomic mass is 15.3. The molecule has 2 aromatic rings. The van der Waals surface area contributed by atoms with Crippen LogP contribution in [-0.2, 0) is 26.7 Å². The molecular formula is C14H24N6. The van der Waals surface area contributed by atoms with E-state index in [1.165, 1.54) is 11.3 Å². The van der Waals surface area contributed by atoms with Crippen molar-refractivity contribution < 1.29 is 0 Å². The molecule has 1 N–H and O–H groups in total. The Balaban J connectivity index is 1.95. The van der Waals surface area contributed by atoms with Gasteiger partial charge in [-0.15, -0.1) is 0 Å². The predicted molar refractivity (Wildman–Crippen MR) is 78.1 cm³/mol. The predicted octanol–water partition coefficient (Wildman–Crippen LogP) is 1.57. The lowest BCUT2D eigenvalue weighted by Gasteiger charge is -2.09. The number of aryl methyl sites for hydroxylation is 2. The van der Waals surface area contributed by atoms with Gasteiger partial charge in [-0.1, -0.05) is 13.8 Å². The van der Waals surface area contributed by atoms with Gasteiger partial charge in [-0.05, 0) is 19.8 Å². The van der Waals surface area contributed by atoms with Crippen molar-refractivity contribution in [3.8, 4) is 0 Å². The van der Waals surface area contributed by atoms with Crippen molar-refractivity contribution in [3.05, 3.63) is 29.1 Å². The molecule has 0 aliphatic carbocycles. The van der Waals surface area contributed by atoms with Gasteiger partial charge in [0.1, 0.15) is 12.2 Å². The van der Waals surface area contributed by atoms with Crippen molar-refractivity contribution in [1.29, 1.82) is 0 Å². The first kappa shape index (κ1) is 14.7.